The summed E-state index contributed by atoms with van der Waals surface area (Å²) < 4.78 is 31.0. The predicted molar refractivity (Wildman–Crippen MR) is 38.1 cm³/mol. The number of hydrogen-bond acceptors (Lipinski definition) is 6. The number of nitrogens with zero attached hydrogens (tertiary/aromatic N) is 1. The van der Waals surface area contributed by atoms with E-state index in [0.29, 0.717) is 0 Å². The van der Waals surface area contributed by atoms with Crippen LogP contribution in [0.2, 0.25) is 0 Å². The topological polar surface area (TPSA) is 90.8 Å². The average Bonchev–Trinajstić information content (AvgIpc) is 2.41. The van der Waals surface area contributed by atoms with Gasteiger partial charge in [-0.25, -0.2) is 8.42 Å². The van der Waals surface area contributed by atoms with Gasteiger partial charge in [-0.3, -0.25) is 9.18 Å². The first-order chi connectivity index (χ1) is 5.06. The largest absolute Gasteiger partial charge is 1.00 e. The summed E-state index contributed by atoms with van der Waals surface area (Å²) in [5.74, 6) is 0. The van der Waals surface area contributed by atoms with E-state index in [0.717, 1.165) is 20.2 Å². The van der Waals surface area contributed by atoms with Crippen molar-refractivity contribution < 1.29 is 46.7 Å². The van der Waals surface area contributed by atoms with Crippen LogP contribution in [0.3, 0.4) is 0 Å². The normalized spacial score (nSPS) is 13.8. The molecule has 0 saturated heterocycles. The molecule has 0 bridgehead atoms. The van der Waals surface area contributed by atoms with Crippen LogP contribution in [0.5, 0.6) is 0 Å². The molecular weight excluding hydrogens is 195 g/mol. The Hall–Kier alpha value is 0.340. The number of aliphatic imine (C=N–C) groups is 1. The third-order valence-corrected chi connectivity index (χ3v) is 1.18. The van der Waals surface area contributed by atoms with E-state index in [1.165, 1.54) is 0 Å². The third-order valence-electron chi connectivity index (χ3n) is 0.772. The Kier molecular flexibility index (Phi) is 9.85. The van der Waals surface area contributed by atoms with Crippen molar-refractivity contribution in [3.63, 3.8) is 0 Å². The van der Waals surface area contributed by atoms with E-state index in [2.05, 4.69) is 14.5 Å². The molecule has 0 radical (unpaired) electrons. The van der Waals surface area contributed by atoms with Gasteiger partial charge < -0.3 is 9.87 Å². The molecule has 8 heteroatoms. The number of nitrogens with one attached hydrogen (secondary N) is 1. The number of rotatable bonds is 1. The van der Waals surface area contributed by atoms with Gasteiger partial charge in [-0.15, -0.1) is 0 Å². The molecule has 0 fully saturated rings. The van der Waals surface area contributed by atoms with E-state index >= 15 is 0 Å². The molecule has 6 nitrogen and oxygen atoms in total. The Morgan fingerprint density at radius 3 is 2.25 bits per heavy atom. The molecule has 0 aromatic rings. The van der Waals surface area contributed by atoms with Crippen LogP contribution in [0.4, 0.5) is 0 Å². The summed E-state index contributed by atoms with van der Waals surface area (Å²) >= 11 is 0. The SMILES string of the molecule is C1=NCCN1.COS(=O)(=O)[O-].[Na+]. The van der Waals surface area contributed by atoms with Crippen molar-refractivity contribution in [1.29, 1.82) is 0 Å². The second-order valence-electron chi connectivity index (χ2n) is 1.56. The molecule has 12 heavy (non-hydrogen) atoms. The van der Waals surface area contributed by atoms with Crippen LogP contribution in [0.1, 0.15) is 0 Å². The van der Waals surface area contributed by atoms with Gasteiger partial charge in [0.25, 0.3) is 0 Å². The molecule has 1 aliphatic heterocycles. The van der Waals surface area contributed by atoms with E-state index in [-0.39, 0.29) is 29.6 Å². The monoisotopic (exact) mass is 204 g/mol. The zero-order valence-corrected chi connectivity index (χ0v) is 9.80. The summed E-state index contributed by atoms with van der Waals surface area (Å²) in [5.41, 5.74) is 0. The van der Waals surface area contributed by atoms with Gasteiger partial charge in [0, 0.05) is 6.54 Å². The molecule has 0 amide bonds. The first-order valence-electron chi connectivity index (χ1n) is 2.79. The fourth-order valence-corrected chi connectivity index (χ4v) is 0.323. The van der Waals surface area contributed by atoms with Gasteiger partial charge in [0.1, 0.15) is 0 Å². The minimum Gasteiger partial charge on any atom is -0.726 e. The van der Waals surface area contributed by atoms with E-state index in [1.54, 1.807) is 6.34 Å². The van der Waals surface area contributed by atoms with E-state index < -0.39 is 10.4 Å². The number of hydrogen-bond donors (Lipinski definition) is 1. The molecule has 0 aromatic heterocycles. The second kappa shape index (κ2) is 7.96. The standard InChI is InChI=1S/C3H6N2.CH4O4S.Na/c1-2-5-3-4-1;1-5-6(2,3)4;/h3H,1-2H2,(H,4,5);1H3,(H,2,3,4);/q;;+1/p-1. The van der Waals surface area contributed by atoms with Gasteiger partial charge in [0.15, 0.2) is 0 Å². The third kappa shape index (κ3) is 13.0. The van der Waals surface area contributed by atoms with Crippen molar-refractivity contribution in [1.82, 2.24) is 5.32 Å². The molecule has 0 aromatic carbocycles. The Bertz CT molecular complexity index is 209. The van der Waals surface area contributed by atoms with Crippen molar-refractivity contribution in [3.8, 4) is 0 Å². The van der Waals surface area contributed by atoms with Crippen molar-refractivity contribution in [2.75, 3.05) is 20.2 Å². The molecule has 0 unspecified atom stereocenters. The van der Waals surface area contributed by atoms with Crippen molar-refractivity contribution >= 4 is 16.7 Å². The maximum absolute atomic E-state index is 9.22. The second-order valence-corrected chi connectivity index (χ2v) is 2.71. The zero-order chi connectivity index (χ0) is 8.74. The molecule has 1 heterocycles. The van der Waals surface area contributed by atoms with Gasteiger partial charge in [-0.05, 0) is 0 Å². The molecule has 66 valence electrons. The van der Waals surface area contributed by atoms with Crippen LogP contribution >= 0.6 is 0 Å². The Morgan fingerprint density at radius 1 is 1.67 bits per heavy atom. The van der Waals surface area contributed by atoms with Gasteiger partial charge in [-0.1, -0.05) is 0 Å². The van der Waals surface area contributed by atoms with Crippen molar-refractivity contribution in [2.24, 2.45) is 4.99 Å². The smallest absolute Gasteiger partial charge is 0.726 e. The maximum atomic E-state index is 9.22. The van der Waals surface area contributed by atoms with Gasteiger partial charge in [-0.2, -0.15) is 0 Å². The van der Waals surface area contributed by atoms with Crippen LogP contribution in [-0.4, -0.2) is 39.5 Å². The fraction of sp³-hybridized carbons (Fsp3) is 0.750. The quantitative estimate of drug-likeness (QED) is 0.265. The van der Waals surface area contributed by atoms with Crippen molar-refractivity contribution in [3.05, 3.63) is 0 Å². The Balaban J connectivity index is 0. The van der Waals surface area contributed by atoms with Crippen LogP contribution in [0.25, 0.3) is 0 Å². The maximum Gasteiger partial charge on any atom is 1.00 e. The molecular formula is C4H9N2NaO4S. The predicted octanol–water partition coefficient (Wildman–Crippen LogP) is -4.29. The summed E-state index contributed by atoms with van der Waals surface area (Å²) in [4.78, 5) is 3.85. The van der Waals surface area contributed by atoms with E-state index in [9.17, 15) is 13.0 Å². The summed E-state index contributed by atoms with van der Waals surface area (Å²) in [7, 11) is -3.60. The van der Waals surface area contributed by atoms with E-state index in [4.69, 9.17) is 0 Å². The van der Waals surface area contributed by atoms with Crippen LogP contribution in [0, 0.1) is 0 Å². The first-order valence-corrected chi connectivity index (χ1v) is 4.12. The minimum atomic E-state index is -4.41. The summed E-state index contributed by atoms with van der Waals surface area (Å²) in [6.45, 7) is 1.99. The van der Waals surface area contributed by atoms with Gasteiger partial charge in [0.05, 0.1) is 20.0 Å². The van der Waals surface area contributed by atoms with Crippen LogP contribution < -0.4 is 34.9 Å². The summed E-state index contributed by atoms with van der Waals surface area (Å²) in [6, 6.07) is 0. The molecule has 1 N–H and O–H groups in total. The minimum absolute atomic E-state index is 0. The van der Waals surface area contributed by atoms with Crippen molar-refractivity contribution in [2.45, 2.75) is 0 Å². The van der Waals surface area contributed by atoms with Crippen LogP contribution in [-0.2, 0) is 14.6 Å². The molecule has 0 aliphatic carbocycles. The molecule has 1 rings (SSSR count). The summed E-state index contributed by atoms with van der Waals surface area (Å²) in [6.07, 6.45) is 1.74. The zero-order valence-electron chi connectivity index (χ0n) is 6.98. The first kappa shape index (κ1) is 14.8. The summed E-state index contributed by atoms with van der Waals surface area (Å²) in [5, 5.41) is 2.93. The Morgan fingerprint density at radius 2 is 2.17 bits per heavy atom. The molecule has 0 atom stereocenters. The average molecular weight is 204 g/mol. The Labute approximate surface area is 93.6 Å². The molecule has 0 saturated carbocycles. The molecule has 1 aliphatic rings. The van der Waals surface area contributed by atoms with E-state index in [1.807, 2.05) is 0 Å². The molecule has 0 spiro atoms. The van der Waals surface area contributed by atoms with Crippen LogP contribution in [0.15, 0.2) is 4.99 Å². The fourth-order valence-electron chi connectivity index (χ4n) is 0.323. The van der Waals surface area contributed by atoms with Gasteiger partial charge in [0.2, 0.25) is 10.4 Å². The van der Waals surface area contributed by atoms with Gasteiger partial charge >= 0.3 is 29.6 Å².